The number of allylic oxidation sites excluding steroid dienone is 4. The van der Waals surface area contributed by atoms with Gasteiger partial charge in [-0.05, 0) is 81.5 Å². The molecule has 0 spiro atoms. The van der Waals surface area contributed by atoms with Crippen LogP contribution in [0.25, 0.3) is 0 Å². The van der Waals surface area contributed by atoms with Crippen LogP contribution in [0.4, 0.5) is 11.4 Å². The van der Waals surface area contributed by atoms with Gasteiger partial charge in [0.05, 0.1) is 74.7 Å². The number of hydrogen-bond acceptors (Lipinski definition) is 15. The van der Waals surface area contributed by atoms with Crippen LogP contribution in [-0.4, -0.2) is 154 Å². The summed E-state index contributed by atoms with van der Waals surface area (Å²) in [6.07, 6.45) is 8.35. The van der Waals surface area contributed by atoms with E-state index in [4.69, 9.17) is 33.2 Å². The summed E-state index contributed by atoms with van der Waals surface area (Å²) in [6, 6.07) is 8.76. The monoisotopic (exact) mass is 923 g/mol. The van der Waals surface area contributed by atoms with E-state index in [9.17, 15) is 35.8 Å². The van der Waals surface area contributed by atoms with Crippen molar-refractivity contribution in [1.29, 1.82) is 0 Å². The number of aliphatic carboxylic acids is 1. The van der Waals surface area contributed by atoms with E-state index in [0.717, 1.165) is 11.4 Å². The highest BCUT2D eigenvalue weighted by Crippen LogP contribution is 2.51. The van der Waals surface area contributed by atoms with E-state index >= 15 is 0 Å². The zero-order valence-corrected chi connectivity index (χ0v) is 38.6. The van der Waals surface area contributed by atoms with Crippen LogP contribution in [0.15, 0.2) is 70.1 Å². The van der Waals surface area contributed by atoms with Gasteiger partial charge < -0.3 is 52.3 Å². The molecule has 2 aromatic rings. The number of carbonyl (C=O) groups is 1. The number of carboxylic acids is 1. The van der Waals surface area contributed by atoms with Gasteiger partial charge >= 0.3 is 5.97 Å². The fraction of sp³-hybridized carbons (Fsp3) is 0.591. The van der Waals surface area contributed by atoms with E-state index in [2.05, 4.69) is 4.58 Å². The second kappa shape index (κ2) is 24.6. The Bertz CT molecular complexity index is 2140. The smallest absolute Gasteiger partial charge is 0.303 e. The summed E-state index contributed by atoms with van der Waals surface area (Å²) in [5, 5.41) is 9.24. The zero-order valence-electron chi connectivity index (χ0n) is 37.0. The standard InChI is InChI=1S/C44H64N2O15S2/c1-43(17-21-58-28-30-60-26-24-56-4)36-32-34(62(49,50)51)13-15-38(36)45(19-8-6-7-12-42(47)48)40(43)10-9-11-41-44(2,18-22-59-29-31-61-27-25-57-5)37-33-35(63(52,53)54)14-16-39(37)46(41)20-23-55-3/h9-11,13-16,32-33H,6-8,12,17-31H2,1-5H3,(H2-,47,48,49,50,51,52,53,54)/p-1. The van der Waals surface area contributed by atoms with Gasteiger partial charge in [-0.3, -0.25) is 4.79 Å². The SMILES string of the molecule is COCCOCCOCCC1(C)C(/C=C/C=C2/N(CCOC)c3ccc(S(=O)(=O)[O-])cc3C2(C)CCOCCOCCOC)=[N+](CCCCCC(=O)O)c2ccc(S(=O)(=O)[O-])cc21. The summed E-state index contributed by atoms with van der Waals surface area (Å²) < 4.78 is 115. The number of ether oxygens (including phenoxy) is 7. The molecule has 19 heteroatoms. The van der Waals surface area contributed by atoms with Crippen molar-refractivity contribution in [3.05, 3.63) is 71.5 Å². The molecule has 0 aromatic heterocycles. The summed E-state index contributed by atoms with van der Waals surface area (Å²) in [7, 11) is -4.83. The number of anilines is 1. The van der Waals surface area contributed by atoms with Gasteiger partial charge in [-0.1, -0.05) is 6.08 Å². The van der Waals surface area contributed by atoms with Gasteiger partial charge in [-0.15, -0.1) is 0 Å². The number of fused-ring (bicyclic) bond motifs is 2. The number of carboxylic acid groups (broad SMARTS) is 1. The lowest BCUT2D eigenvalue weighted by Crippen LogP contribution is -2.33. The average Bonchev–Trinajstić information content (AvgIpc) is 3.60. The highest BCUT2D eigenvalue weighted by atomic mass is 32.2. The van der Waals surface area contributed by atoms with Crippen molar-refractivity contribution >= 4 is 43.3 Å². The van der Waals surface area contributed by atoms with Gasteiger partial charge in [0.25, 0.3) is 0 Å². The van der Waals surface area contributed by atoms with Gasteiger partial charge in [0.1, 0.15) is 26.8 Å². The molecule has 2 atom stereocenters. The second-order valence-electron chi connectivity index (χ2n) is 15.7. The fourth-order valence-electron chi connectivity index (χ4n) is 8.00. The number of benzene rings is 2. The molecule has 0 amide bonds. The molecule has 2 aliphatic heterocycles. The van der Waals surface area contributed by atoms with E-state index in [-0.39, 0.29) is 29.4 Å². The third kappa shape index (κ3) is 14.2. The molecular formula is C44H63N2O15S2-. The van der Waals surface area contributed by atoms with E-state index in [1.165, 1.54) is 24.3 Å². The summed E-state index contributed by atoms with van der Waals surface area (Å²) >= 11 is 0. The minimum absolute atomic E-state index is 0.0335. The summed E-state index contributed by atoms with van der Waals surface area (Å²) in [5.41, 5.74) is 2.58. The molecule has 17 nitrogen and oxygen atoms in total. The first-order valence-electron chi connectivity index (χ1n) is 21.0. The first-order chi connectivity index (χ1) is 30.0. The maximum absolute atomic E-state index is 12.4. The highest BCUT2D eigenvalue weighted by molar-refractivity contribution is 7.86. The molecule has 0 aliphatic carbocycles. The lowest BCUT2D eigenvalue weighted by atomic mass is 9.76. The minimum atomic E-state index is -4.81. The van der Waals surface area contributed by atoms with Gasteiger partial charge in [0.15, 0.2) is 5.71 Å². The lowest BCUT2D eigenvalue weighted by molar-refractivity contribution is -0.438. The molecule has 0 bridgehead atoms. The molecule has 63 heavy (non-hydrogen) atoms. The van der Waals surface area contributed by atoms with Crippen molar-refractivity contribution in [2.24, 2.45) is 0 Å². The molecule has 0 fully saturated rings. The zero-order chi connectivity index (χ0) is 46.1. The number of nitrogens with zero attached hydrogens (tertiary/aromatic N) is 2. The van der Waals surface area contributed by atoms with Crippen LogP contribution >= 0.6 is 0 Å². The van der Waals surface area contributed by atoms with Crippen LogP contribution in [0.3, 0.4) is 0 Å². The second-order valence-corrected chi connectivity index (χ2v) is 18.4. The fourth-order valence-corrected chi connectivity index (χ4v) is 8.99. The van der Waals surface area contributed by atoms with Gasteiger partial charge in [-0.25, -0.2) is 16.8 Å². The first-order valence-corrected chi connectivity index (χ1v) is 23.9. The molecule has 0 radical (unpaired) electrons. The van der Waals surface area contributed by atoms with Crippen molar-refractivity contribution in [2.45, 2.75) is 73.0 Å². The van der Waals surface area contributed by atoms with Gasteiger partial charge in [0.2, 0.25) is 5.69 Å². The average molecular weight is 924 g/mol. The van der Waals surface area contributed by atoms with Crippen LogP contribution in [-0.2, 0) is 69.0 Å². The molecule has 2 aliphatic rings. The third-order valence-corrected chi connectivity index (χ3v) is 13.1. The molecular weight excluding hydrogens is 861 g/mol. The largest absolute Gasteiger partial charge is 0.744 e. The molecule has 2 unspecified atom stereocenters. The third-order valence-electron chi connectivity index (χ3n) is 11.4. The van der Waals surface area contributed by atoms with Gasteiger partial charge in [0, 0.05) is 88.4 Å². The Balaban J connectivity index is 1.81. The Morgan fingerprint density at radius 3 is 1.78 bits per heavy atom. The lowest BCUT2D eigenvalue weighted by Gasteiger charge is -2.30. The highest BCUT2D eigenvalue weighted by Gasteiger charge is 2.48. The van der Waals surface area contributed by atoms with Crippen molar-refractivity contribution in [1.82, 2.24) is 0 Å². The Labute approximate surface area is 372 Å². The quantitative estimate of drug-likeness (QED) is 0.0625. The molecule has 2 heterocycles. The summed E-state index contributed by atoms with van der Waals surface area (Å²) in [4.78, 5) is 12.6. The number of hydrogen-bond donors (Lipinski definition) is 1. The molecule has 0 saturated heterocycles. The van der Waals surface area contributed by atoms with E-state index in [0.29, 0.717) is 127 Å². The Hall–Kier alpha value is -3.60. The Kier molecular flexibility index (Phi) is 20.3. The molecule has 1 N–H and O–H groups in total. The number of rotatable bonds is 31. The van der Waals surface area contributed by atoms with Crippen molar-refractivity contribution in [3.63, 3.8) is 0 Å². The first kappa shape index (κ1) is 52.0. The summed E-state index contributed by atoms with van der Waals surface area (Å²) in [5.74, 6) is -0.877. The Morgan fingerprint density at radius 1 is 0.698 bits per heavy atom. The molecule has 2 aromatic carbocycles. The van der Waals surface area contributed by atoms with Gasteiger partial charge in [-0.2, -0.15) is 4.58 Å². The molecule has 352 valence electrons. The maximum atomic E-state index is 12.4. The maximum Gasteiger partial charge on any atom is 0.303 e. The normalized spacial score (nSPS) is 19.5. The predicted molar refractivity (Wildman–Crippen MR) is 232 cm³/mol. The molecule has 4 rings (SSSR count). The predicted octanol–water partition coefficient (Wildman–Crippen LogP) is 4.50. The van der Waals surface area contributed by atoms with E-state index < -0.39 is 37.0 Å². The Morgan fingerprint density at radius 2 is 1.22 bits per heavy atom. The van der Waals surface area contributed by atoms with E-state index in [1.807, 2.05) is 37.0 Å². The molecule has 0 saturated carbocycles. The van der Waals surface area contributed by atoms with Crippen LogP contribution in [0.2, 0.25) is 0 Å². The van der Waals surface area contributed by atoms with Crippen LogP contribution in [0.5, 0.6) is 0 Å². The summed E-state index contributed by atoms with van der Waals surface area (Å²) in [6.45, 7) is 8.77. The minimum Gasteiger partial charge on any atom is -0.744 e. The number of unbranched alkanes of at least 4 members (excludes halogenated alkanes) is 2. The van der Waals surface area contributed by atoms with E-state index in [1.54, 1.807) is 33.5 Å². The topological polar surface area (TPSA) is 223 Å². The van der Waals surface area contributed by atoms with Crippen LogP contribution < -0.4 is 4.90 Å². The van der Waals surface area contributed by atoms with Crippen molar-refractivity contribution in [2.75, 3.05) is 112 Å². The van der Waals surface area contributed by atoms with Crippen molar-refractivity contribution in [3.8, 4) is 0 Å². The number of methoxy groups -OCH3 is 3. The van der Waals surface area contributed by atoms with Crippen LogP contribution in [0, 0.1) is 0 Å². The van der Waals surface area contributed by atoms with Crippen LogP contribution in [0.1, 0.15) is 63.5 Å². The van der Waals surface area contributed by atoms with Crippen molar-refractivity contribution < 1.29 is 73.6 Å².